The third-order valence-corrected chi connectivity index (χ3v) is 2.45. The molecule has 96 valence electrons. The van der Waals surface area contributed by atoms with Crippen LogP contribution in [0.4, 0.5) is 0 Å². The van der Waals surface area contributed by atoms with E-state index in [-0.39, 0.29) is 5.54 Å². The Kier molecular flexibility index (Phi) is 3.43. The van der Waals surface area contributed by atoms with E-state index in [1.165, 1.54) is 0 Å². The highest BCUT2D eigenvalue weighted by Crippen LogP contribution is 2.18. The highest BCUT2D eigenvalue weighted by Gasteiger charge is 2.14. The predicted octanol–water partition coefficient (Wildman–Crippen LogP) is 2.33. The van der Waals surface area contributed by atoms with Gasteiger partial charge in [-0.2, -0.15) is 0 Å². The van der Waals surface area contributed by atoms with Crippen LogP contribution in [0.1, 0.15) is 32.2 Å². The van der Waals surface area contributed by atoms with Crippen molar-refractivity contribution in [3.05, 3.63) is 29.8 Å². The van der Waals surface area contributed by atoms with Crippen LogP contribution in [-0.2, 0) is 6.54 Å². The molecule has 5 heteroatoms. The van der Waals surface area contributed by atoms with Crippen molar-refractivity contribution in [2.45, 2.75) is 39.8 Å². The number of rotatable bonds is 3. The van der Waals surface area contributed by atoms with Gasteiger partial charge in [0.1, 0.15) is 5.69 Å². The number of nitrogens with one attached hydrogen (secondary N) is 1. The number of aromatic nitrogens is 3. The van der Waals surface area contributed by atoms with E-state index in [0.29, 0.717) is 18.3 Å². The van der Waals surface area contributed by atoms with Crippen molar-refractivity contribution in [2.24, 2.45) is 0 Å². The van der Waals surface area contributed by atoms with Crippen LogP contribution < -0.4 is 5.32 Å². The van der Waals surface area contributed by atoms with E-state index < -0.39 is 0 Å². The van der Waals surface area contributed by atoms with Gasteiger partial charge in [0.15, 0.2) is 0 Å². The minimum atomic E-state index is 0.0234. The van der Waals surface area contributed by atoms with E-state index in [4.69, 9.17) is 4.42 Å². The lowest BCUT2D eigenvalue weighted by atomic mass is 10.1. The van der Waals surface area contributed by atoms with Crippen LogP contribution in [0.5, 0.6) is 0 Å². The molecule has 0 aliphatic carbocycles. The summed E-state index contributed by atoms with van der Waals surface area (Å²) in [7, 11) is 0. The summed E-state index contributed by atoms with van der Waals surface area (Å²) in [4.78, 5) is 4.25. The highest BCUT2D eigenvalue weighted by molar-refractivity contribution is 5.51. The van der Waals surface area contributed by atoms with Crippen molar-refractivity contribution in [3.8, 4) is 11.6 Å². The fourth-order valence-corrected chi connectivity index (χ4v) is 1.47. The molecule has 2 rings (SSSR count). The van der Waals surface area contributed by atoms with Crippen LogP contribution in [0.3, 0.4) is 0 Å². The molecule has 5 nitrogen and oxygen atoms in total. The normalized spacial score (nSPS) is 11.8. The summed E-state index contributed by atoms with van der Waals surface area (Å²) in [5.41, 5.74) is 1.79. The molecule has 0 saturated carbocycles. The number of aryl methyl sites for hydroxylation is 1. The average molecular weight is 246 g/mol. The van der Waals surface area contributed by atoms with Crippen molar-refractivity contribution in [2.75, 3.05) is 0 Å². The van der Waals surface area contributed by atoms with Gasteiger partial charge >= 0.3 is 0 Å². The Morgan fingerprint density at radius 3 is 2.72 bits per heavy atom. The lowest BCUT2D eigenvalue weighted by molar-refractivity contribution is 0.383. The molecule has 0 aliphatic rings. The van der Waals surface area contributed by atoms with E-state index in [1.807, 2.05) is 19.1 Å². The zero-order valence-electron chi connectivity index (χ0n) is 11.2. The van der Waals surface area contributed by atoms with Gasteiger partial charge in [0.05, 0.1) is 6.54 Å². The third-order valence-electron chi connectivity index (χ3n) is 2.45. The Hall–Kier alpha value is -1.75. The first kappa shape index (κ1) is 12.7. The molecule has 0 aliphatic heterocycles. The lowest BCUT2D eigenvalue weighted by Crippen LogP contribution is -2.35. The van der Waals surface area contributed by atoms with Crippen LogP contribution in [0.2, 0.25) is 0 Å². The Morgan fingerprint density at radius 2 is 2.06 bits per heavy atom. The van der Waals surface area contributed by atoms with Gasteiger partial charge in [-0.05, 0) is 39.3 Å². The molecular formula is C13H18N4O. The van der Waals surface area contributed by atoms with Gasteiger partial charge in [-0.1, -0.05) is 6.07 Å². The van der Waals surface area contributed by atoms with Gasteiger partial charge in [0, 0.05) is 11.7 Å². The molecule has 2 heterocycles. The molecule has 0 atom stereocenters. The molecule has 0 aromatic carbocycles. The third kappa shape index (κ3) is 3.13. The van der Waals surface area contributed by atoms with E-state index in [2.05, 4.69) is 41.3 Å². The second-order valence-electron chi connectivity index (χ2n) is 5.27. The molecular weight excluding hydrogens is 228 g/mol. The number of hydrogen-bond acceptors (Lipinski definition) is 5. The molecule has 0 spiro atoms. The van der Waals surface area contributed by atoms with Crippen LogP contribution in [0, 0.1) is 6.92 Å². The minimum Gasteiger partial charge on any atom is -0.418 e. The quantitative estimate of drug-likeness (QED) is 0.900. The molecule has 0 saturated heterocycles. The van der Waals surface area contributed by atoms with Crippen molar-refractivity contribution >= 4 is 0 Å². The van der Waals surface area contributed by atoms with Crippen LogP contribution in [0.15, 0.2) is 22.7 Å². The van der Waals surface area contributed by atoms with Gasteiger partial charge in [-0.15, -0.1) is 10.2 Å². The zero-order valence-corrected chi connectivity index (χ0v) is 11.2. The van der Waals surface area contributed by atoms with Gasteiger partial charge in [0.2, 0.25) is 5.89 Å². The minimum absolute atomic E-state index is 0.0234. The van der Waals surface area contributed by atoms with Crippen molar-refractivity contribution in [1.82, 2.24) is 20.5 Å². The first-order chi connectivity index (χ1) is 8.46. The van der Waals surface area contributed by atoms with Gasteiger partial charge in [-0.25, -0.2) is 0 Å². The Bertz CT molecular complexity index is 528. The fraction of sp³-hybridized carbons (Fsp3) is 0.462. The van der Waals surface area contributed by atoms with Gasteiger partial charge < -0.3 is 9.73 Å². The summed E-state index contributed by atoms with van der Waals surface area (Å²) < 4.78 is 5.60. The monoisotopic (exact) mass is 246 g/mol. The molecule has 0 fully saturated rings. The average Bonchev–Trinajstić information content (AvgIpc) is 2.75. The maximum Gasteiger partial charge on any atom is 0.266 e. The van der Waals surface area contributed by atoms with E-state index in [9.17, 15) is 0 Å². The topological polar surface area (TPSA) is 63.8 Å². The second-order valence-corrected chi connectivity index (χ2v) is 5.27. The molecule has 2 aromatic heterocycles. The number of hydrogen-bond donors (Lipinski definition) is 1. The standard InChI is InChI=1S/C13H18N4O/c1-9-6-5-7-14-11(9)12-17-16-10(18-12)8-15-13(2,3)4/h5-7,15H,8H2,1-4H3. The largest absolute Gasteiger partial charge is 0.418 e. The molecule has 0 bridgehead atoms. The number of pyridine rings is 1. The van der Waals surface area contributed by atoms with E-state index >= 15 is 0 Å². The fourth-order valence-electron chi connectivity index (χ4n) is 1.47. The molecule has 0 amide bonds. The first-order valence-corrected chi connectivity index (χ1v) is 5.95. The molecule has 2 aromatic rings. The Morgan fingerprint density at radius 1 is 1.28 bits per heavy atom. The number of nitrogens with zero attached hydrogens (tertiary/aromatic N) is 3. The van der Waals surface area contributed by atoms with E-state index in [0.717, 1.165) is 11.3 Å². The lowest BCUT2D eigenvalue weighted by Gasteiger charge is -2.18. The van der Waals surface area contributed by atoms with Crippen molar-refractivity contribution in [1.29, 1.82) is 0 Å². The summed E-state index contributed by atoms with van der Waals surface area (Å²) in [6.07, 6.45) is 1.72. The molecule has 18 heavy (non-hydrogen) atoms. The summed E-state index contributed by atoms with van der Waals surface area (Å²) in [5.74, 6) is 1.05. The molecule has 0 unspecified atom stereocenters. The maximum atomic E-state index is 5.60. The second kappa shape index (κ2) is 4.86. The van der Waals surface area contributed by atoms with Gasteiger partial charge in [-0.3, -0.25) is 4.98 Å². The van der Waals surface area contributed by atoms with Crippen LogP contribution >= 0.6 is 0 Å². The predicted molar refractivity (Wildman–Crippen MR) is 68.9 cm³/mol. The first-order valence-electron chi connectivity index (χ1n) is 5.95. The zero-order chi connectivity index (χ0) is 13.2. The Labute approximate surface area is 107 Å². The SMILES string of the molecule is Cc1cccnc1-c1nnc(CNC(C)(C)C)o1. The summed E-state index contributed by atoms with van der Waals surface area (Å²) in [5, 5.41) is 11.3. The highest BCUT2D eigenvalue weighted by atomic mass is 16.4. The van der Waals surface area contributed by atoms with Crippen LogP contribution in [-0.4, -0.2) is 20.7 Å². The summed E-state index contributed by atoms with van der Waals surface area (Å²) in [6, 6.07) is 3.86. The van der Waals surface area contributed by atoms with E-state index in [1.54, 1.807) is 6.20 Å². The van der Waals surface area contributed by atoms with Crippen LogP contribution in [0.25, 0.3) is 11.6 Å². The Balaban J connectivity index is 2.14. The summed E-state index contributed by atoms with van der Waals surface area (Å²) >= 11 is 0. The molecule has 1 N–H and O–H groups in total. The van der Waals surface area contributed by atoms with Gasteiger partial charge in [0.25, 0.3) is 5.89 Å². The van der Waals surface area contributed by atoms with Crippen molar-refractivity contribution in [3.63, 3.8) is 0 Å². The smallest absolute Gasteiger partial charge is 0.266 e. The van der Waals surface area contributed by atoms with Crippen molar-refractivity contribution < 1.29 is 4.42 Å². The maximum absolute atomic E-state index is 5.60. The summed E-state index contributed by atoms with van der Waals surface area (Å²) in [6.45, 7) is 8.80. The molecule has 0 radical (unpaired) electrons.